The van der Waals surface area contributed by atoms with Crippen LogP contribution in [0.25, 0.3) is 0 Å². The SMILES string of the molecule is CCC[N+](CC)(CCC)CCC.O=P([O-])(O)O. The highest BCUT2D eigenvalue weighted by atomic mass is 31.2. The van der Waals surface area contributed by atoms with E-state index in [2.05, 4.69) is 27.7 Å². The van der Waals surface area contributed by atoms with Gasteiger partial charge in [0.15, 0.2) is 0 Å². The monoisotopic (exact) mass is 269 g/mol. The third-order valence-corrected chi connectivity index (χ3v) is 2.76. The lowest BCUT2D eigenvalue weighted by Crippen LogP contribution is -2.49. The Labute approximate surface area is 105 Å². The van der Waals surface area contributed by atoms with Crippen molar-refractivity contribution < 1.29 is 23.7 Å². The van der Waals surface area contributed by atoms with Crippen molar-refractivity contribution in [2.75, 3.05) is 26.2 Å². The molecule has 17 heavy (non-hydrogen) atoms. The summed E-state index contributed by atoms with van der Waals surface area (Å²) in [6.07, 6.45) is 3.98. The average Bonchev–Trinajstić information content (AvgIpc) is 2.16. The Kier molecular flexibility index (Phi) is 11.5. The summed E-state index contributed by atoms with van der Waals surface area (Å²) in [7, 11) is -4.89. The van der Waals surface area contributed by atoms with Crippen LogP contribution in [0.2, 0.25) is 0 Å². The van der Waals surface area contributed by atoms with Gasteiger partial charge in [-0.2, -0.15) is 0 Å². The summed E-state index contributed by atoms with van der Waals surface area (Å²) in [6.45, 7) is 14.7. The fourth-order valence-corrected chi connectivity index (χ4v) is 2.23. The van der Waals surface area contributed by atoms with Crippen molar-refractivity contribution in [2.24, 2.45) is 0 Å². The summed E-state index contributed by atoms with van der Waals surface area (Å²) in [5.74, 6) is 0. The molecular formula is C11H28NO4P. The van der Waals surface area contributed by atoms with Crippen molar-refractivity contribution >= 4 is 7.82 Å². The Balaban J connectivity index is 0. The van der Waals surface area contributed by atoms with Gasteiger partial charge in [0, 0.05) is 0 Å². The molecule has 0 bridgehead atoms. The second-order valence-electron chi connectivity index (χ2n) is 4.32. The van der Waals surface area contributed by atoms with Gasteiger partial charge in [0.05, 0.1) is 26.2 Å². The fraction of sp³-hybridized carbons (Fsp3) is 1.00. The van der Waals surface area contributed by atoms with E-state index in [1.165, 1.54) is 49.9 Å². The number of quaternary nitrogens is 1. The van der Waals surface area contributed by atoms with Crippen LogP contribution in [0, 0.1) is 0 Å². The van der Waals surface area contributed by atoms with E-state index in [9.17, 15) is 0 Å². The van der Waals surface area contributed by atoms with Crippen molar-refractivity contribution in [1.82, 2.24) is 0 Å². The third-order valence-electron chi connectivity index (χ3n) is 2.76. The molecule has 0 saturated heterocycles. The molecule has 0 unspecified atom stereocenters. The summed E-state index contributed by atoms with van der Waals surface area (Å²) >= 11 is 0. The largest absolute Gasteiger partial charge is 0.756 e. The minimum absolute atomic E-state index is 1.32. The topological polar surface area (TPSA) is 80.6 Å². The van der Waals surface area contributed by atoms with Crippen LogP contribution in [0.3, 0.4) is 0 Å². The van der Waals surface area contributed by atoms with Gasteiger partial charge in [-0.05, 0) is 26.2 Å². The summed E-state index contributed by atoms with van der Waals surface area (Å²) in [6, 6.07) is 0. The smallest absolute Gasteiger partial charge is 0.262 e. The van der Waals surface area contributed by atoms with Crippen LogP contribution >= 0.6 is 7.82 Å². The number of nitrogens with zero attached hydrogens (tertiary/aromatic N) is 1. The Hall–Kier alpha value is 0.0700. The number of rotatable bonds is 7. The molecule has 2 N–H and O–H groups in total. The molecule has 6 heteroatoms. The van der Waals surface area contributed by atoms with Gasteiger partial charge in [-0.15, -0.1) is 0 Å². The molecule has 0 aromatic rings. The van der Waals surface area contributed by atoms with E-state index < -0.39 is 7.82 Å². The van der Waals surface area contributed by atoms with Crippen molar-refractivity contribution in [3.8, 4) is 0 Å². The van der Waals surface area contributed by atoms with Crippen LogP contribution in [0.5, 0.6) is 0 Å². The molecule has 0 amide bonds. The highest BCUT2D eigenvalue weighted by molar-refractivity contribution is 7.43. The van der Waals surface area contributed by atoms with Gasteiger partial charge in [0.2, 0.25) is 0 Å². The molecule has 0 radical (unpaired) electrons. The molecule has 0 heterocycles. The standard InChI is InChI=1S/C11H26N.H3O4P/c1-5-9-12(8-4,10-6-2)11-7-3;1-5(2,3)4/h5-11H2,1-4H3;(H3,1,2,3,4)/q+1;/p-1. The first-order chi connectivity index (χ1) is 7.74. The molecule has 0 rings (SSSR count). The Morgan fingerprint density at radius 2 is 1.18 bits per heavy atom. The second-order valence-corrected chi connectivity index (χ2v) is 5.30. The van der Waals surface area contributed by atoms with Gasteiger partial charge in [0.25, 0.3) is 7.82 Å². The lowest BCUT2D eigenvalue weighted by Gasteiger charge is -2.37. The molecule has 0 aromatic heterocycles. The molecular weight excluding hydrogens is 241 g/mol. The molecule has 0 aromatic carbocycles. The first-order valence-corrected chi connectivity index (χ1v) is 7.89. The molecule has 0 aliphatic heterocycles. The first-order valence-electron chi connectivity index (χ1n) is 6.36. The second kappa shape index (κ2) is 10.0. The predicted molar refractivity (Wildman–Crippen MR) is 68.3 cm³/mol. The summed E-state index contributed by atoms with van der Waals surface area (Å²) in [5.41, 5.74) is 0. The number of hydrogen-bond acceptors (Lipinski definition) is 2. The maximum Gasteiger partial charge on any atom is 0.262 e. The van der Waals surface area contributed by atoms with Gasteiger partial charge in [0.1, 0.15) is 0 Å². The van der Waals surface area contributed by atoms with Gasteiger partial charge in [-0.1, -0.05) is 20.8 Å². The Bertz CT molecular complexity index is 192. The molecule has 0 saturated carbocycles. The van der Waals surface area contributed by atoms with E-state index in [-0.39, 0.29) is 0 Å². The van der Waals surface area contributed by atoms with Gasteiger partial charge >= 0.3 is 0 Å². The number of hydrogen-bond donors (Lipinski definition) is 2. The molecule has 0 spiro atoms. The maximum absolute atomic E-state index is 8.77. The highest BCUT2D eigenvalue weighted by Crippen LogP contribution is 2.19. The Morgan fingerprint density at radius 1 is 0.941 bits per heavy atom. The van der Waals surface area contributed by atoms with E-state index >= 15 is 0 Å². The minimum atomic E-state index is -4.89. The van der Waals surface area contributed by atoms with Crippen molar-refractivity contribution in [2.45, 2.75) is 47.0 Å². The fourth-order valence-electron chi connectivity index (χ4n) is 2.23. The lowest BCUT2D eigenvalue weighted by molar-refractivity contribution is -0.926. The summed E-state index contributed by atoms with van der Waals surface area (Å²) in [4.78, 5) is 22.9. The van der Waals surface area contributed by atoms with E-state index in [1.54, 1.807) is 0 Å². The van der Waals surface area contributed by atoms with E-state index in [0.29, 0.717) is 0 Å². The predicted octanol–water partition coefficient (Wildman–Crippen LogP) is 1.49. The average molecular weight is 269 g/mol. The van der Waals surface area contributed by atoms with E-state index in [1.807, 2.05) is 0 Å². The minimum Gasteiger partial charge on any atom is -0.756 e. The van der Waals surface area contributed by atoms with Crippen molar-refractivity contribution in [3.05, 3.63) is 0 Å². The number of phosphoric acid groups is 1. The molecule has 0 aliphatic carbocycles. The van der Waals surface area contributed by atoms with Gasteiger partial charge < -0.3 is 19.2 Å². The van der Waals surface area contributed by atoms with Crippen LogP contribution < -0.4 is 4.89 Å². The molecule has 106 valence electrons. The maximum atomic E-state index is 8.77. The third kappa shape index (κ3) is 14.0. The van der Waals surface area contributed by atoms with Gasteiger partial charge in [-0.25, -0.2) is 0 Å². The van der Waals surface area contributed by atoms with Crippen LogP contribution in [-0.4, -0.2) is 40.4 Å². The van der Waals surface area contributed by atoms with E-state index in [0.717, 1.165) is 0 Å². The molecule has 0 fully saturated rings. The molecule has 5 nitrogen and oxygen atoms in total. The first kappa shape index (κ1) is 19.4. The summed E-state index contributed by atoms with van der Waals surface area (Å²) in [5, 5.41) is 0. The summed E-state index contributed by atoms with van der Waals surface area (Å²) < 4.78 is 10.1. The van der Waals surface area contributed by atoms with Crippen LogP contribution in [-0.2, 0) is 4.57 Å². The zero-order valence-corrected chi connectivity index (χ0v) is 12.4. The van der Waals surface area contributed by atoms with E-state index in [4.69, 9.17) is 19.2 Å². The quantitative estimate of drug-likeness (QED) is 0.542. The highest BCUT2D eigenvalue weighted by Gasteiger charge is 2.21. The lowest BCUT2D eigenvalue weighted by atomic mass is 10.2. The molecule has 0 atom stereocenters. The van der Waals surface area contributed by atoms with Crippen LogP contribution in [0.15, 0.2) is 0 Å². The van der Waals surface area contributed by atoms with Crippen LogP contribution in [0.4, 0.5) is 0 Å². The zero-order valence-electron chi connectivity index (χ0n) is 11.6. The van der Waals surface area contributed by atoms with Crippen molar-refractivity contribution in [1.29, 1.82) is 0 Å². The normalized spacial score (nSPS) is 11.9. The molecule has 0 aliphatic rings. The zero-order chi connectivity index (χ0) is 13.9. The van der Waals surface area contributed by atoms with Crippen LogP contribution in [0.1, 0.15) is 47.0 Å². The van der Waals surface area contributed by atoms with Crippen molar-refractivity contribution in [3.63, 3.8) is 0 Å². The van der Waals surface area contributed by atoms with Gasteiger partial charge in [-0.3, -0.25) is 4.57 Å². The Morgan fingerprint density at radius 3 is 1.29 bits per heavy atom.